The summed E-state index contributed by atoms with van der Waals surface area (Å²) in [6.07, 6.45) is 2.15. The summed E-state index contributed by atoms with van der Waals surface area (Å²) >= 11 is 0. The number of methoxy groups -OCH3 is 2. The van der Waals surface area contributed by atoms with Gasteiger partial charge in [0.15, 0.2) is 11.6 Å². The lowest BCUT2D eigenvalue weighted by molar-refractivity contribution is -0.150. The van der Waals surface area contributed by atoms with Gasteiger partial charge in [-0.05, 0) is 56.9 Å². The zero-order valence-corrected chi connectivity index (χ0v) is 23.2. The molecule has 2 saturated carbocycles. The summed E-state index contributed by atoms with van der Waals surface area (Å²) in [6, 6.07) is 1.94. The number of halogens is 1. The van der Waals surface area contributed by atoms with Gasteiger partial charge in [0.2, 0.25) is 5.91 Å². The fourth-order valence-corrected chi connectivity index (χ4v) is 5.07. The van der Waals surface area contributed by atoms with Gasteiger partial charge in [0.25, 0.3) is 5.91 Å². The Kier molecular flexibility index (Phi) is 9.28. The van der Waals surface area contributed by atoms with Crippen LogP contribution in [0, 0.1) is 22.6 Å². The first-order valence-corrected chi connectivity index (χ1v) is 13.2. The predicted molar refractivity (Wildman–Crippen MR) is 139 cm³/mol. The van der Waals surface area contributed by atoms with Crippen LogP contribution >= 0.6 is 0 Å². The standard InChI is InChI=1S/C28H41FN2O7/c1-27(2,3)15-30-24(32)18-11-17(36-5)12-21(18)31-25(33)19-13-23(20(29)14-22(19)37-6)38-16-7-9-28(4,10-8-16)26(34)35/h13-14,16-18,21H,7-12,15H2,1-6H3,(H,30,32)(H,31,33)(H,34,35)/t16-,17-,18-,21+,28+/m1/s1. The number of rotatable bonds is 9. The lowest BCUT2D eigenvalue weighted by Crippen LogP contribution is -2.45. The Labute approximate surface area is 223 Å². The molecule has 0 heterocycles. The molecule has 0 aromatic heterocycles. The van der Waals surface area contributed by atoms with Crippen LogP contribution in [0.1, 0.15) is 76.6 Å². The second-order valence-electron chi connectivity index (χ2n) is 12.0. The maximum absolute atomic E-state index is 14.9. The van der Waals surface area contributed by atoms with Crippen molar-refractivity contribution in [2.24, 2.45) is 16.7 Å². The van der Waals surface area contributed by atoms with Gasteiger partial charge in [0.05, 0.1) is 36.2 Å². The van der Waals surface area contributed by atoms with Crippen molar-refractivity contribution < 1.29 is 38.1 Å². The molecule has 2 aliphatic rings. The topological polar surface area (TPSA) is 123 Å². The normalized spacial score (nSPS) is 27.4. The number of amides is 2. The van der Waals surface area contributed by atoms with Crippen molar-refractivity contribution in [3.05, 3.63) is 23.5 Å². The van der Waals surface area contributed by atoms with Crippen LogP contribution in [0.3, 0.4) is 0 Å². The van der Waals surface area contributed by atoms with Gasteiger partial charge < -0.3 is 30.0 Å². The van der Waals surface area contributed by atoms with Crippen molar-refractivity contribution in [2.45, 2.75) is 84.5 Å². The molecule has 2 fully saturated rings. The molecule has 212 valence electrons. The van der Waals surface area contributed by atoms with E-state index < -0.39 is 35.1 Å². The van der Waals surface area contributed by atoms with Crippen molar-refractivity contribution >= 4 is 17.8 Å². The molecule has 3 N–H and O–H groups in total. The van der Waals surface area contributed by atoms with Crippen LogP contribution in [0.4, 0.5) is 4.39 Å². The molecular formula is C28H41FN2O7. The molecular weight excluding hydrogens is 495 g/mol. The molecule has 0 bridgehead atoms. The Hall–Kier alpha value is -2.88. The summed E-state index contributed by atoms with van der Waals surface area (Å²) in [5, 5.41) is 15.4. The minimum absolute atomic E-state index is 0.0458. The third-order valence-electron chi connectivity index (χ3n) is 7.64. The second-order valence-corrected chi connectivity index (χ2v) is 12.0. The van der Waals surface area contributed by atoms with Crippen LogP contribution in [0.25, 0.3) is 0 Å². The minimum atomic E-state index is -0.849. The SMILES string of the molecule is COc1cc(F)c(O[C@H]2CC[C@@](C)(C(=O)O)CC2)cc1C(=O)N[C@H]1C[C@H](OC)C[C@H]1C(=O)NCC(C)(C)C. The number of carboxylic acids is 1. The number of carboxylic acid groups (broad SMARTS) is 1. The molecule has 1 aromatic carbocycles. The number of hydrogen-bond donors (Lipinski definition) is 3. The molecule has 9 nitrogen and oxygen atoms in total. The Balaban J connectivity index is 1.75. The van der Waals surface area contributed by atoms with Gasteiger partial charge in [-0.2, -0.15) is 0 Å². The fraction of sp³-hybridized carbons (Fsp3) is 0.679. The van der Waals surface area contributed by atoms with Crippen molar-refractivity contribution in [1.29, 1.82) is 0 Å². The summed E-state index contributed by atoms with van der Waals surface area (Å²) in [6.45, 7) is 8.28. The molecule has 3 atom stereocenters. The third-order valence-corrected chi connectivity index (χ3v) is 7.64. The first-order chi connectivity index (χ1) is 17.8. The first-order valence-electron chi connectivity index (χ1n) is 13.2. The van der Waals surface area contributed by atoms with E-state index in [-0.39, 0.29) is 40.6 Å². The Bertz CT molecular complexity index is 1030. The Morgan fingerprint density at radius 3 is 2.29 bits per heavy atom. The number of hydrogen-bond acceptors (Lipinski definition) is 6. The van der Waals surface area contributed by atoms with Crippen molar-refractivity contribution in [3.8, 4) is 11.5 Å². The highest BCUT2D eigenvalue weighted by atomic mass is 19.1. The number of carbonyl (C=O) groups excluding carboxylic acids is 2. The van der Waals surface area contributed by atoms with Gasteiger partial charge in [0, 0.05) is 25.8 Å². The summed E-state index contributed by atoms with van der Waals surface area (Å²) in [7, 11) is 2.93. The number of aliphatic carboxylic acids is 1. The molecule has 0 unspecified atom stereocenters. The highest BCUT2D eigenvalue weighted by Gasteiger charge is 2.41. The van der Waals surface area contributed by atoms with Gasteiger partial charge >= 0.3 is 5.97 Å². The fourth-order valence-electron chi connectivity index (χ4n) is 5.07. The van der Waals surface area contributed by atoms with E-state index in [1.165, 1.54) is 13.2 Å². The average molecular weight is 537 g/mol. The first kappa shape index (κ1) is 29.7. The number of ether oxygens (including phenoxy) is 3. The molecule has 2 aliphatic carbocycles. The van der Waals surface area contributed by atoms with E-state index in [9.17, 15) is 23.9 Å². The summed E-state index contributed by atoms with van der Waals surface area (Å²) in [5.41, 5.74) is -0.818. The molecule has 10 heteroatoms. The predicted octanol–water partition coefficient (Wildman–Crippen LogP) is 3.93. The monoisotopic (exact) mass is 536 g/mol. The van der Waals surface area contributed by atoms with Crippen LogP contribution < -0.4 is 20.1 Å². The lowest BCUT2D eigenvalue weighted by atomic mass is 9.75. The van der Waals surface area contributed by atoms with Crippen molar-refractivity contribution in [3.63, 3.8) is 0 Å². The maximum Gasteiger partial charge on any atom is 0.309 e. The molecule has 2 amide bonds. The minimum Gasteiger partial charge on any atom is -0.496 e. The highest BCUT2D eigenvalue weighted by molar-refractivity contribution is 5.98. The quantitative estimate of drug-likeness (QED) is 0.437. The highest BCUT2D eigenvalue weighted by Crippen LogP contribution is 2.39. The van der Waals surface area contributed by atoms with Gasteiger partial charge in [0.1, 0.15) is 5.75 Å². The van der Waals surface area contributed by atoms with Crippen LogP contribution in [0.15, 0.2) is 12.1 Å². The molecule has 0 radical (unpaired) electrons. The van der Waals surface area contributed by atoms with Crippen LogP contribution in [0.5, 0.6) is 11.5 Å². The number of carbonyl (C=O) groups is 3. The Morgan fingerprint density at radius 2 is 1.74 bits per heavy atom. The second kappa shape index (κ2) is 11.9. The van der Waals surface area contributed by atoms with E-state index >= 15 is 0 Å². The third kappa shape index (κ3) is 7.15. The molecule has 1 aromatic rings. The van der Waals surface area contributed by atoms with E-state index in [4.69, 9.17) is 14.2 Å². The molecule has 0 saturated heterocycles. The van der Waals surface area contributed by atoms with E-state index in [0.29, 0.717) is 45.1 Å². The van der Waals surface area contributed by atoms with Gasteiger partial charge in [-0.3, -0.25) is 14.4 Å². The van der Waals surface area contributed by atoms with Crippen LogP contribution in [0.2, 0.25) is 0 Å². The number of benzene rings is 1. The zero-order chi connectivity index (χ0) is 28.3. The van der Waals surface area contributed by atoms with Crippen molar-refractivity contribution in [1.82, 2.24) is 10.6 Å². The lowest BCUT2D eigenvalue weighted by Gasteiger charge is -2.34. The van der Waals surface area contributed by atoms with E-state index in [1.807, 2.05) is 20.8 Å². The average Bonchev–Trinajstić information content (AvgIpc) is 3.27. The summed E-state index contributed by atoms with van der Waals surface area (Å²) in [4.78, 5) is 37.9. The zero-order valence-electron chi connectivity index (χ0n) is 23.2. The molecule has 3 rings (SSSR count). The largest absolute Gasteiger partial charge is 0.496 e. The Morgan fingerprint density at radius 1 is 1.08 bits per heavy atom. The van der Waals surface area contributed by atoms with E-state index in [1.54, 1.807) is 14.0 Å². The number of nitrogens with one attached hydrogen (secondary N) is 2. The van der Waals surface area contributed by atoms with Gasteiger partial charge in [-0.1, -0.05) is 20.8 Å². The van der Waals surface area contributed by atoms with Crippen LogP contribution in [-0.2, 0) is 14.3 Å². The van der Waals surface area contributed by atoms with Gasteiger partial charge in [-0.25, -0.2) is 4.39 Å². The van der Waals surface area contributed by atoms with Gasteiger partial charge in [-0.15, -0.1) is 0 Å². The van der Waals surface area contributed by atoms with E-state index in [0.717, 1.165) is 6.07 Å². The summed E-state index contributed by atoms with van der Waals surface area (Å²) < 4.78 is 31.5. The molecule has 0 spiro atoms. The summed E-state index contributed by atoms with van der Waals surface area (Å²) in [5.74, 6) is -2.71. The maximum atomic E-state index is 14.9. The molecule has 0 aliphatic heterocycles. The van der Waals surface area contributed by atoms with E-state index in [2.05, 4.69) is 10.6 Å². The smallest absolute Gasteiger partial charge is 0.309 e. The molecule has 38 heavy (non-hydrogen) atoms. The van der Waals surface area contributed by atoms with Crippen molar-refractivity contribution in [2.75, 3.05) is 20.8 Å². The van der Waals surface area contributed by atoms with Crippen LogP contribution in [-0.4, -0.2) is 61.9 Å².